The van der Waals surface area contributed by atoms with Crippen molar-refractivity contribution in [3.8, 4) is 33.8 Å². The molecule has 0 aliphatic heterocycles. The average Bonchev–Trinajstić information content (AvgIpc) is 2.94. The van der Waals surface area contributed by atoms with Gasteiger partial charge in [0.05, 0.1) is 12.2 Å². The fourth-order valence-corrected chi connectivity index (χ4v) is 7.65. The largest absolute Gasteiger partial charge is 0.507 e. The maximum atomic E-state index is 11.8. The maximum absolute atomic E-state index is 11.8. The van der Waals surface area contributed by atoms with Crippen molar-refractivity contribution in [2.75, 3.05) is 14.2 Å². The van der Waals surface area contributed by atoms with Crippen LogP contribution >= 0.6 is 0 Å². The van der Waals surface area contributed by atoms with E-state index in [2.05, 4.69) is 93.5 Å². The van der Waals surface area contributed by atoms with Gasteiger partial charge in [-0.3, -0.25) is 0 Å². The molecule has 4 aromatic rings. The molecule has 0 aliphatic rings. The Labute approximate surface area is 271 Å². The molecule has 2 atom stereocenters. The number of phenolic OH excluding ortho intramolecular Hbond substituents is 2. The molecule has 0 radical (unpaired) electrons. The Morgan fingerprint density at radius 3 is 1.16 bits per heavy atom. The van der Waals surface area contributed by atoms with Crippen LogP contribution in [0.5, 0.6) is 11.5 Å². The third-order valence-corrected chi connectivity index (χ3v) is 9.96. The van der Waals surface area contributed by atoms with E-state index in [1.807, 2.05) is 36.4 Å². The van der Waals surface area contributed by atoms with Gasteiger partial charge in [0.25, 0.3) is 0 Å². The number of ether oxygens (including phenoxy) is 2. The van der Waals surface area contributed by atoms with Crippen molar-refractivity contribution in [2.45, 2.75) is 98.7 Å². The summed E-state index contributed by atoms with van der Waals surface area (Å²) < 4.78 is 12.4. The molecule has 240 valence electrons. The van der Waals surface area contributed by atoms with E-state index in [1.165, 1.54) is 11.1 Å². The van der Waals surface area contributed by atoms with Gasteiger partial charge in [0.1, 0.15) is 11.5 Å². The van der Waals surface area contributed by atoms with Gasteiger partial charge < -0.3 is 19.7 Å². The van der Waals surface area contributed by atoms with Crippen molar-refractivity contribution >= 4 is 0 Å². The molecule has 4 nitrogen and oxygen atoms in total. The van der Waals surface area contributed by atoms with Crippen LogP contribution in [0.2, 0.25) is 0 Å². The summed E-state index contributed by atoms with van der Waals surface area (Å²) >= 11 is 0. The molecular formula is C41H52O4. The van der Waals surface area contributed by atoms with Crippen molar-refractivity contribution in [2.24, 2.45) is 0 Å². The van der Waals surface area contributed by atoms with Crippen molar-refractivity contribution in [3.05, 3.63) is 105 Å². The van der Waals surface area contributed by atoms with Crippen LogP contribution in [0.3, 0.4) is 0 Å². The summed E-state index contributed by atoms with van der Waals surface area (Å²) in [5, 5.41) is 23.6. The van der Waals surface area contributed by atoms with Crippen LogP contribution in [0.4, 0.5) is 0 Å². The highest BCUT2D eigenvalue weighted by atomic mass is 16.5. The quantitative estimate of drug-likeness (QED) is 0.188. The Balaban J connectivity index is 1.73. The van der Waals surface area contributed by atoms with Gasteiger partial charge in [0.2, 0.25) is 0 Å². The third-order valence-electron chi connectivity index (χ3n) is 9.96. The molecule has 0 saturated heterocycles. The van der Waals surface area contributed by atoms with Gasteiger partial charge in [-0.05, 0) is 74.9 Å². The number of rotatable bonds is 10. The predicted octanol–water partition coefficient (Wildman–Crippen LogP) is 9.96. The highest BCUT2D eigenvalue weighted by molar-refractivity contribution is 5.79. The van der Waals surface area contributed by atoms with Gasteiger partial charge in [-0.15, -0.1) is 0 Å². The van der Waals surface area contributed by atoms with Crippen LogP contribution in [0.25, 0.3) is 22.3 Å². The number of para-hydroxylation sites is 2. The summed E-state index contributed by atoms with van der Waals surface area (Å²) in [5.41, 5.74) is 11.3. The molecule has 0 heterocycles. The van der Waals surface area contributed by atoms with E-state index in [1.54, 1.807) is 14.2 Å². The molecule has 0 saturated carbocycles. The monoisotopic (exact) mass is 608 g/mol. The first-order valence-electron chi connectivity index (χ1n) is 15.9. The van der Waals surface area contributed by atoms with Crippen LogP contribution in [-0.4, -0.2) is 36.6 Å². The smallest absolute Gasteiger partial charge is 0.127 e. The van der Waals surface area contributed by atoms with Crippen LogP contribution in [-0.2, 0) is 20.3 Å². The molecule has 0 aromatic heterocycles. The Bertz CT molecular complexity index is 1520. The van der Waals surface area contributed by atoms with Crippen molar-refractivity contribution in [1.82, 2.24) is 0 Å². The van der Waals surface area contributed by atoms with Gasteiger partial charge in [0, 0.05) is 53.7 Å². The molecular weight excluding hydrogens is 556 g/mol. The van der Waals surface area contributed by atoms with E-state index in [9.17, 15) is 10.2 Å². The topological polar surface area (TPSA) is 58.9 Å². The van der Waals surface area contributed by atoms with Gasteiger partial charge in [-0.2, -0.15) is 0 Å². The summed E-state index contributed by atoms with van der Waals surface area (Å²) in [6.07, 6.45) is -0.0455. The predicted molar refractivity (Wildman–Crippen MR) is 188 cm³/mol. The summed E-state index contributed by atoms with van der Waals surface area (Å²) in [7, 11) is 3.45. The molecule has 0 amide bonds. The summed E-state index contributed by atoms with van der Waals surface area (Å²) in [6.45, 7) is 21.1. The van der Waals surface area contributed by atoms with Gasteiger partial charge in [-0.25, -0.2) is 0 Å². The fraction of sp³-hybridized carbons (Fsp3) is 0.415. The lowest BCUT2D eigenvalue weighted by atomic mass is 9.70. The van der Waals surface area contributed by atoms with Crippen LogP contribution in [0, 0.1) is 41.5 Å². The zero-order valence-electron chi connectivity index (χ0n) is 29.3. The molecule has 4 heteroatoms. The van der Waals surface area contributed by atoms with Gasteiger partial charge in [0.15, 0.2) is 0 Å². The number of hydrogen-bond acceptors (Lipinski definition) is 4. The van der Waals surface area contributed by atoms with E-state index in [4.69, 9.17) is 9.47 Å². The number of aromatic hydroxyl groups is 2. The normalized spacial score (nSPS) is 13.6. The van der Waals surface area contributed by atoms with Crippen LogP contribution < -0.4 is 0 Å². The standard InChI is InChI=1S/C41H52O4/c1-24-19-26(3)36(27(4)20-24)30-15-13-17-32(38(30)42)40(7,8)34(44-11)23-35(45-12)41(9,10)33-18-14-16-31(39(33)43)37-28(5)21-25(2)22-29(37)6/h13-22,34-35,42-43H,23H2,1-12H3/t34-,35-/m0/s1. The zero-order valence-corrected chi connectivity index (χ0v) is 29.3. The Kier molecular flexibility index (Phi) is 9.92. The molecule has 2 N–H and O–H groups in total. The lowest BCUT2D eigenvalue weighted by Gasteiger charge is -2.41. The van der Waals surface area contributed by atoms with Crippen LogP contribution in [0.1, 0.15) is 78.6 Å². The average molecular weight is 609 g/mol. The Morgan fingerprint density at radius 2 is 0.867 bits per heavy atom. The number of benzene rings is 4. The number of hydrogen-bond donors (Lipinski definition) is 2. The van der Waals surface area contributed by atoms with Crippen LogP contribution in [0.15, 0.2) is 60.7 Å². The number of methoxy groups -OCH3 is 2. The second kappa shape index (κ2) is 13.0. The molecule has 0 aliphatic carbocycles. The molecule has 0 spiro atoms. The minimum absolute atomic E-state index is 0.280. The molecule has 0 unspecified atom stereocenters. The first kappa shape index (κ1) is 34.3. The Hall–Kier alpha value is -3.60. The molecule has 0 bridgehead atoms. The first-order valence-corrected chi connectivity index (χ1v) is 15.9. The minimum atomic E-state index is -0.561. The maximum Gasteiger partial charge on any atom is 0.127 e. The SMILES string of the molecule is CO[C@@H](C[C@H](OC)C(C)(C)c1cccc(-c2c(C)cc(C)cc2C)c1O)C(C)(C)c1cccc(-c2c(C)cc(C)cc2C)c1O. The highest BCUT2D eigenvalue weighted by Crippen LogP contribution is 2.47. The van der Waals surface area contributed by atoms with E-state index >= 15 is 0 Å². The zero-order chi connectivity index (χ0) is 33.4. The highest BCUT2D eigenvalue weighted by Gasteiger charge is 2.42. The van der Waals surface area contributed by atoms with Gasteiger partial charge in [-0.1, -0.05) is 99.5 Å². The Morgan fingerprint density at radius 1 is 0.556 bits per heavy atom. The van der Waals surface area contributed by atoms with E-state index in [-0.39, 0.29) is 23.7 Å². The summed E-state index contributed by atoms with van der Waals surface area (Å²) in [6, 6.07) is 20.7. The van der Waals surface area contributed by atoms with Crippen molar-refractivity contribution in [1.29, 1.82) is 0 Å². The third kappa shape index (κ3) is 6.41. The molecule has 0 fully saturated rings. The summed E-state index contributed by atoms with van der Waals surface area (Å²) in [4.78, 5) is 0. The molecule has 4 aromatic carbocycles. The first-order chi connectivity index (χ1) is 21.1. The van der Waals surface area contributed by atoms with Crippen molar-refractivity contribution < 1.29 is 19.7 Å². The fourth-order valence-electron chi connectivity index (χ4n) is 7.65. The van der Waals surface area contributed by atoms with E-state index in [0.29, 0.717) is 6.42 Å². The second-order valence-electron chi connectivity index (χ2n) is 14.1. The summed E-state index contributed by atoms with van der Waals surface area (Å²) in [5.74, 6) is 0.559. The van der Waals surface area contributed by atoms with Gasteiger partial charge >= 0.3 is 0 Å². The second-order valence-corrected chi connectivity index (χ2v) is 14.1. The van der Waals surface area contributed by atoms with Crippen molar-refractivity contribution in [3.63, 3.8) is 0 Å². The molecule has 4 rings (SSSR count). The number of aryl methyl sites for hydroxylation is 6. The van der Waals surface area contributed by atoms with E-state index in [0.717, 1.165) is 55.6 Å². The van der Waals surface area contributed by atoms with E-state index < -0.39 is 10.8 Å². The number of phenols is 2. The lowest BCUT2D eigenvalue weighted by molar-refractivity contribution is -0.0349. The molecule has 45 heavy (non-hydrogen) atoms. The minimum Gasteiger partial charge on any atom is -0.507 e. The lowest BCUT2D eigenvalue weighted by Crippen LogP contribution is -2.44.